The smallest absolute Gasteiger partial charge is 0.261 e. The lowest BCUT2D eigenvalue weighted by Crippen LogP contribution is -2.37. The van der Waals surface area contributed by atoms with Crippen LogP contribution in [0.3, 0.4) is 0 Å². The summed E-state index contributed by atoms with van der Waals surface area (Å²) in [6.07, 6.45) is -0.585. The number of aryl methyl sites for hydroxylation is 3. The lowest BCUT2D eigenvalue weighted by molar-refractivity contribution is -0.127. The van der Waals surface area contributed by atoms with Crippen LogP contribution in [0, 0.1) is 20.8 Å². The SMILES string of the molecule is Cc1ccc([C@H](C)NC(=O)[C@@H](C)Oc2cc(C)c(Cl)c(C)c2)cc1. The molecule has 0 aliphatic rings. The molecule has 0 saturated heterocycles. The van der Waals surface area contributed by atoms with E-state index in [9.17, 15) is 4.79 Å². The maximum Gasteiger partial charge on any atom is 0.261 e. The first-order chi connectivity index (χ1) is 11.3. The topological polar surface area (TPSA) is 38.3 Å². The number of carbonyl (C=O) groups excluding carboxylic acids is 1. The molecular weight excluding hydrogens is 322 g/mol. The van der Waals surface area contributed by atoms with Gasteiger partial charge in [0.25, 0.3) is 5.91 Å². The Morgan fingerprint density at radius 1 is 1.04 bits per heavy atom. The predicted octanol–water partition coefficient (Wildman–Crippen LogP) is 4.91. The molecule has 0 heterocycles. The van der Waals surface area contributed by atoms with Crippen LogP contribution in [0.4, 0.5) is 0 Å². The number of hydrogen-bond acceptors (Lipinski definition) is 2. The fourth-order valence-electron chi connectivity index (χ4n) is 2.50. The summed E-state index contributed by atoms with van der Waals surface area (Å²) in [5, 5.41) is 3.72. The standard InChI is InChI=1S/C20H24ClNO2/c1-12-6-8-17(9-7-12)15(4)22-20(23)16(5)24-18-10-13(2)19(21)14(3)11-18/h6-11,15-16H,1-5H3,(H,22,23)/t15-,16+/m0/s1. The van der Waals surface area contributed by atoms with Gasteiger partial charge in [-0.3, -0.25) is 4.79 Å². The molecule has 1 N–H and O–H groups in total. The Morgan fingerprint density at radius 3 is 2.12 bits per heavy atom. The van der Waals surface area contributed by atoms with E-state index in [0.29, 0.717) is 5.75 Å². The van der Waals surface area contributed by atoms with E-state index in [4.69, 9.17) is 16.3 Å². The molecule has 0 spiro atoms. The minimum Gasteiger partial charge on any atom is -0.481 e. The molecule has 0 unspecified atom stereocenters. The van der Waals surface area contributed by atoms with Gasteiger partial charge in [-0.05, 0) is 63.4 Å². The molecule has 0 aliphatic heterocycles. The Hall–Kier alpha value is -2.00. The average Bonchev–Trinajstić information content (AvgIpc) is 2.52. The number of nitrogens with one attached hydrogen (secondary N) is 1. The average molecular weight is 346 g/mol. The van der Waals surface area contributed by atoms with Gasteiger partial charge in [0, 0.05) is 5.02 Å². The van der Waals surface area contributed by atoms with Gasteiger partial charge < -0.3 is 10.1 Å². The fraction of sp³-hybridized carbons (Fsp3) is 0.350. The van der Waals surface area contributed by atoms with Gasteiger partial charge in [-0.25, -0.2) is 0 Å². The molecule has 3 nitrogen and oxygen atoms in total. The van der Waals surface area contributed by atoms with Crippen molar-refractivity contribution >= 4 is 17.5 Å². The zero-order chi connectivity index (χ0) is 17.9. The fourth-order valence-corrected chi connectivity index (χ4v) is 2.61. The quantitative estimate of drug-likeness (QED) is 0.836. The molecule has 128 valence electrons. The number of benzene rings is 2. The summed E-state index contributed by atoms with van der Waals surface area (Å²) in [5.74, 6) is 0.508. The molecular formula is C20H24ClNO2. The number of carbonyl (C=O) groups is 1. The van der Waals surface area contributed by atoms with E-state index in [2.05, 4.69) is 5.32 Å². The van der Waals surface area contributed by atoms with E-state index in [1.807, 2.05) is 64.1 Å². The maximum atomic E-state index is 12.4. The molecule has 2 atom stereocenters. The van der Waals surface area contributed by atoms with Crippen molar-refractivity contribution in [2.75, 3.05) is 0 Å². The zero-order valence-corrected chi connectivity index (χ0v) is 15.6. The van der Waals surface area contributed by atoms with Gasteiger partial charge in [0.2, 0.25) is 0 Å². The van der Waals surface area contributed by atoms with Crippen LogP contribution in [0.25, 0.3) is 0 Å². The molecule has 0 fully saturated rings. The summed E-state index contributed by atoms with van der Waals surface area (Å²) in [6, 6.07) is 11.8. The molecule has 2 aromatic rings. The first kappa shape index (κ1) is 18.3. The van der Waals surface area contributed by atoms with Crippen LogP contribution in [0.1, 0.15) is 42.1 Å². The largest absolute Gasteiger partial charge is 0.481 e. The van der Waals surface area contributed by atoms with Crippen molar-refractivity contribution in [1.29, 1.82) is 0 Å². The van der Waals surface area contributed by atoms with Crippen LogP contribution < -0.4 is 10.1 Å². The number of amides is 1. The van der Waals surface area contributed by atoms with E-state index in [-0.39, 0.29) is 11.9 Å². The molecule has 2 rings (SSSR count). The second-order valence-electron chi connectivity index (χ2n) is 6.27. The van der Waals surface area contributed by atoms with Crippen molar-refractivity contribution in [3.05, 3.63) is 63.7 Å². The van der Waals surface area contributed by atoms with E-state index < -0.39 is 6.10 Å². The van der Waals surface area contributed by atoms with Gasteiger partial charge in [0.05, 0.1) is 6.04 Å². The van der Waals surface area contributed by atoms with Crippen LogP contribution in [-0.2, 0) is 4.79 Å². The summed E-state index contributed by atoms with van der Waals surface area (Å²) in [7, 11) is 0. The van der Waals surface area contributed by atoms with Crippen molar-refractivity contribution in [3.8, 4) is 5.75 Å². The van der Waals surface area contributed by atoms with Gasteiger partial charge >= 0.3 is 0 Å². The minimum atomic E-state index is -0.585. The van der Waals surface area contributed by atoms with E-state index in [0.717, 1.165) is 21.7 Å². The van der Waals surface area contributed by atoms with Crippen molar-refractivity contribution in [2.24, 2.45) is 0 Å². The number of ether oxygens (including phenoxy) is 1. The maximum absolute atomic E-state index is 12.4. The Labute approximate surface area is 149 Å². The molecule has 0 aromatic heterocycles. The summed E-state index contributed by atoms with van der Waals surface area (Å²) in [4.78, 5) is 12.4. The summed E-state index contributed by atoms with van der Waals surface area (Å²) in [6.45, 7) is 9.60. The van der Waals surface area contributed by atoms with E-state index in [1.165, 1.54) is 5.56 Å². The normalized spacial score (nSPS) is 13.2. The Morgan fingerprint density at radius 2 is 1.58 bits per heavy atom. The van der Waals surface area contributed by atoms with Crippen molar-refractivity contribution in [2.45, 2.75) is 46.8 Å². The highest BCUT2D eigenvalue weighted by atomic mass is 35.5. The number of rotatable bonds is 5. The highest BCUT2D eigenvalue weighted by Crippen LogP contribution is 2.26. The minimum absolute atomic E-state index is 0.0714. The second kappa shape index (κ2) is 7.71. The Balaban J connectivity index is 2.00. The van der Waals surface area contributed by atoms with E-state index >= 15 is 0 Å². The predicted molar refractivity (Wildman–Crippen MR) is 98.8 cm³/mol. The molecule has 0 saturated carbocycles. The molecule has 0 radical (unpaired) electrons. The van der Waals surface area contributed by atoms with Crippen molar-refractivity contribution in [1.82, 2.24) is 5.32 Å². The Kier molecular flexibility index (Phi) is 5.89. The molecule has 1 amide bonds. The molecule has 2 aromatic carbocycles. The lowest BCUT2D eigenvalue weighted by Gasteiger charge is -2.20. The van der Waals surface area contributed by atoms with Crippen LogP contribution >= 0.6 is 11.6 Å². The first-order valence-electron chi connectivity index (χ1n) is 8.08. The third-order valence-electron chi connectivity index (χ3n) is 4.03. The lowest BCUT2D eigenvalue weighted by atomic mass is 10.1. The van der Waals surface area contributed by atoms with Gasteiger partial charge in [0.15, 0.2) is 6.10 Å². The highest BCUT2D eigenvalue weighted by molar-refractivity contribution is 6.32. The molecule has 24 heavy (non-hydrogen) atoms. The molecule has 0 aliphatic carbocycles. The van der Waals surface area contributed by atoms with Crippen molar-refractivity contribution in [3.63, 3.8) is 0 Å². The van der Waals surface area contributed by atoms with Crippen LogP contribution in [0.15, 0.2) is 36.4 Å². The Bertz CT molecular complexity index is 702. The highest BCUT2D eigenvalue weighted by Gasteiger charge is 2.18. The number of hydrogen-bond donors (Lipinski definition) is 1. The van der Waals surface area contributed by atoms with Crippen molar-refractivity contribution < 1.29 is 9.53 Å². The van der Waals surface area contributed by atoms with Gasteiger partial charge in [-0.2, -0.15) is 0 Å². The number of halogens is 1. The zero-order valence-electron chi connectivity index (χ0n) is 14.8. The molecule has 4 heteroatoms. The van der Waals surface area contributed by atoms with Gasteiger partial charge in [0.1, 0.15) is 5.75 Å². The van der Waals surface area contributed by atoms with Gasteiger partial charge in [-0.1, -0.05) is 41.4 Å². The summed E-state index contributed by atoms with van der Waals surface area (Å²) in [5.41, 5.74) is 4.14. The summed E-state index contributed by atoms with van der Waals surface area (Å²) >= 11 is 6.16. The van der Waals surface area contributed by atoms with Crippen LogP contribution in [0.5, 0.6) is 5.75 Å². The monoisotopic (exact) mass is 345 g/mol. The molecule has 0 bridgehead atoms. The van der Waals surface area contributed by atoms with Gasteiger partial charge in [-0.15, -0.1) is 0 Å². The van der Waals surface area contributed by atoms with E-state index in [1.54, 1.807) is 6.92 Å². The van der Waals surface area contributed by atoms with Crippen LogP contribution in [-0.4, -0.2) is 12.0 Å². The third kappa shape index (κ3) is 4.51. The second-order valence-corrected chi connectivity index (χ2v) is 6.65. The van der Waals surface area contributed by atoms with Crippen LogP contribution in [0.2, 0.25) is 5.02 Å². The first-order valence-corrected chi connectivity index (χ1v) is 8.46. The third-order valence-corrected chi connectivity index (χ3v) is 4.62. The summed E-state index contributed by atoms with van der Waals surface area (Å²) < 4.78 is 5.78.